The zero-order valence-corrected chi connectivity index (χ0v) is 16.2. The lowest BCUT2D eigenvalue weighted by atomic mass is 10.1. The molecule has 3 N–H and O–H groups in total. The number of benzene rings is 2. The molecule has 0 bridgehead atoms. The van der Waals surface area contributed by atoms with Gasteiger partial charge >= 0.3 is 0 Å². The van der Waals surface area contributed by atoms with Crippen LogP contribution in [0.15, 0.2) is 59.5 Å². The number of rotatable bonds is 5. The fourth-order valence-electron chi connectivity index (χ4n) is 2.85. The van der Waals surface area contributed by atoms with Gasteiger partial charge in [0.15, 0.2) is 12.1 Å². The van der Waals surface area contributed by atoms with Crippen molar-refractivity contribution in [3.8, 4) is 11.5 Å². The molecule has 0 saturated carbocycles. The van der Waals surface area contributed by atoms with E-state index in [1.165, 1.54) is 32.0 Å². The van der Waals surface area contributed by atoms with Crippen LogP contribution in [0.25, 0.3) is 0 Å². The van der Waals surface area contributed by atoms with Crippen LogP contribution >= 0.6 is 0 Å². The molecule has 0 radical (unpaired) electrons. The summed E-state index contributed by atoms with van der Waals surface area (Å²) in [6.07, 6.45) is -2.02. The van der Waals surface area contributed by atoms with Gasteiger partial charge in [0.05, 0.1) is 6.61 Å². The van der Waals surface area contributed by atoms with Gasteiger partial charge in [0.1, 0.15) is 16.4 Å². The SMILES string of the molecule is CC1(C)OCC(C(N)=O)(S(=O)(=O)c2ccccc2Oc2ccccc2)C(O)O1. The molecule has 0 spiro atoms. The van der Waals surface area contributed by atoms with Gasteiger partial charge in [-0.25, -0.2) is 8.42 Å². The molecule has 3 rings (SSSR count). The van der Waals surface area contributed by atoms with Crippen LogP contribution in [0, 0.1) is 0 Å². The third-order valence-electron chi connectivity index (χ3n) is 4.43. The highest BCUT2D eigenvalue weighted by molar-refractivity contribution is 7.93. The number of carbonyl (C=O) groups is 1. The smallest absolute Gasteiger partial charge is 0.247 e. The highest BCUT2D eigenvalue weighted by Gasteiger charge is 2.62. The first-order valence-corrected chi connectivity index (χ1v) is 9.95. The predicted octanol–water partition coefficient (Wildman–Crippen LogP) is 1.58. The number of carbonyl (C=O) groups excluding carboxylic acids is 1. The molecule has 1 fully saturated rings. The van der Waals surface area contributed by atoms with E-state index in [-0.39, 0.29) is 10.6 Å². The second-order valence-corrected chi connectivity index (χ2v) is 8.95. The second kappa shape index (κ2) is 7.17. The lowest BCUT2D eigenvalue weighted by molar-refractivity contribution is -0.328. The molecule has 2 aromatic carbocycles. The van der Waals surface area contributed by atoms with Gasteiger partial charge in [-0.1, -0.05) is 30.3 Å². The molecule has 1 aliphatic rings. The van der Waals surface area contributed by atoms with E-state index < -0.39 is 39.2 Å². The summed E-state index contributed by atoms with van der Waals surface area (Å²) in [6.45, 7) is 2.30. The van der Waals surface area contributed by atoms with Crippen LogP contribution < -0.4 is 10.5 Å². The first-order valence-electron chi connectivity index (χ1n) is 8.46. The van der Waals surface area contributed by atoms with Gasteiger partial charge in [0.2, 0.25) is 20.5 Å². The lowest BCUT2D eigenvalue weighted by Gasteiger charge is -2.44. The average Bonchev–Trinajstić information content (AvgIpc) is 2.62. The predicted molar refractivity (Wildman–Crippen MR) is 99.2 cm³/mol. The van der Waals surface area contributed by atoms with Crippen LogP contribution in [0.4, 0.5) is 0 Å². The maximum absolute atomic E-state index is 13.5. The number of aliphatic hydroxyl groups is 1. The molecular formula is C19H21NO7S. The molecule has 0 aromatic heterocycles. The first kappa shape index (κ1) is 20.3. The van der Waals surface area contributed by atoms with E-state index in [2.05, 4.69) is 0 Å². The Bertz CT molecular complexity index is 975. The van der Waals surface area contributed by atoms with Gasteiger partial charge in [0, 0.05) is 0 Å². The Hall–Kier alpha value is -2.46. The maximum atomic E-state index is 13.5. The van der Waals surface area contributed by atoms with Gasteiger partial charge < -0.3 is 25.1 Å². The summed E-state index contributed by atoms with van der Waals surface area (Å²) in [5.74, 6) is -2.19. The van der Waals surface area contributed by atoms with Crippen molar-refractivity contribution < 1.29 is 32.5 Å². The minimum Gasteiger partial charge on any atom is -0.456 e. The number of hydrogen-bond acceptors (Lipinski definition) is 7. The van der Waals surface area contributed by atoms with Crippen LogP contribution in [-0.4, -0.2) is 42.9 Å². The van der Waals surface area contributed by atoms with Crippen LogP contribution in [0.3, 0.4) is 0 Å². The van der Waals surface area contributed by atoms with E-state index in [0.29, 0.717) is 5.75 Å². The minimum atomic E-state index is -4.57. The van der Waals surface area contributed by atoms with Gasteiger partial charge in [-0.3, -0.25) is 4.79 Å². The number of nitrogens with two attached hydrogens (primary N) is 1. The number of primary amides is 1. The number of aliphatic hydroxyl groups excluding tert-OH is 1. The number of hydrogen-bond donors (Lipinski definition) is 2. The van der Waals surface area contributed by atoms with Gasteiger partial charge in [-0.05, 0) is 38.1 Å². The van der Waals surface area contributed by atoms with Crippen LogP contribution in [0.2, 0.25) is 0 Å². The number of ether oxygens (including phenoxy) is 3. The van der Waals surface area contributed by atoms with Crippen LogP contribution in [-0.2, 0) is 24.1 Å². The summed E-state index contributed by atoms with van der Waals surface area (Å²) in [5.41, 5.74) is 5.43. The quantitative estimate of drug-likeness (QED) is 0.771. The van der Waals surface area contributed by atoms with Gasteiger partial charge in [-0.2, -0.15) is 0 Å². The maximum Gasteiger partial charge on any atom is 0.247 e. The summed E-state index contributed by atoms with van der Waals surface area (Å²) in [5, 5.41) is 10.5. The fourth-order valence-corrected chi connectivity index (χ4v) is 4.67. The Kier molecular flexibility index (Phi) is 5.20. The number of para-hydroxylation sites is 2. The Morgan fingerprint density at radius 3 is 2.36 bits per heavy atom. The largest absolute Gasteiger partial charge is 0.456 e. The van der Waals surface area contributed by atoms with Crippen molar-refractivity contribution in [3.05, 3.63) is 54.6 Å². The zero-order chi connectivity index (χ0) is 20.6. The third kappa shape index (κ3) is 3.37. The van der Waals surface area contributed by atoms with Crippen molar-refractivity contribution in [1.29, 1.82) is 0 Å². The molecule has 2 aromatic rings. The topological polar surface area (TPSA) is 125 Å². The molecule has 9 heteroatoms. The number of sulfone groups is 1. The van der Waals surface area contributed by atoms with E-state index in [1.807, 2.05) is 0 Å². The van der Waals surface area contributed by atoms with Crippen molar-refractivity contribution in [3.63, 3.8) is 0 Å². The molecular weight excluding hydrogens is 386 g/mol. The van der Waals surface area contributed by atoms with Crippen molar-refractivity contribution in [2.75, 3.05) is 6.61 Å². The lowest BCUT2D eigenvalue weighted by Crippen LogP contribution is -2.67. The van der Waals surface area contributed by atoms with E-state index in [4.69, 9.17) is 19.9 Å². The van der Waals surface area contributed by atoms with Gasteiger partial charge in [0.25, 0.3) is 0 Å². The Balaban J connectivity index is 2.10. The highest BCUT2D eigenvalue weighted by Crippen LogP contribution is 2.40. The number of amides is 1. The van der Waals surface area contributed by atoms with E-state index in [0.717, 1.165) is 0 Å². The molecule has 28 heavy (non-hydrogen) atoms. The molecule has 0 aliphatic carbocycles. The molecule has 2 atom stereocenters. The third-order valence-corrected chi connectivity index (χ3v) is 6.83. The summed E-state index contributed by atoms with van der Waals surface area (Å²) in [4.78, 5) is 12.0. The van der Waals surface area contributed by atoms with Crippen LogP contribution in [0.1, 0.15) is 13.8 Å². The molecule has 1 heterocycles. The second-order valence-electron chi connectivity index (χ2n) is 6.78. The van der Waals surface area contributed by atoms with Crippen molar-refractivity contribution in [2.45, 2.75) is 35.6 Å². The Labute approximate surface area is 162 Å². The molecule has 8 nitrogen and oxygen atoms in total. The van der Waals surface area contributed by atoms with E-state index in [9.17, 15) is 18.3 Å². The fraction of sp³-hybridized carbons (Fsp3) is 0.316. The summed E-state index contributed by atoms with van der Waals surface area (Å²) < 4.78 is 40.7. The van der Waals surface area contributed by atoms with Crippen molar-refractivity contribution in [2.24, 2.45) is 5.73 Å². The first-order chi connectivity index (χ1) is 13.1. The van der Waals surface area contributed by atoms with Crippen molar-refractivity contribution in [1.82, 2.24) is 0 Å². The monoisotopic (exact) mass is 407 g/mol. The van der Waals surface area contributed by atoms with Crippen molar-refractivity contribution >= 4 is 15.7 Å². The van der Waals surface area contributed by atoms with E-state index in [1.54, 1.807) is 36.4 Å². The minimum absolute atomic E-state index is 0.0219. The summed E-state index contributed by atoms with van der Waals surface area (Å²) >= 11 is 0. The average molecular weight is 407 g/mol. The highest BCUT2D eigenvalue weighted by atomic mass is 32.2. The molecule has 1 saturated heterocycles. The molecule has 1 amide bonds. The molecule has 2 unspecified atom stereocenters. The standard InChI is InChI=1S/C19H21NO7S/c1-18(2)25-12-19(16(20)21,17(22)27-18)28(23,24)15-11-7-6-10-14(15)26-13-8-4-3-5-9-13/h3-11,17,22H,12H2,1-2H3,(H2,20,21). The molecule has 150 valence electrons. The summed E-state index contributed by atoms with van der Waals surface area (Å²) in [7, 11) is -4.57. The van der Waals surface area contributed by atoms with Crippen LogP contribution in [0.5, 0.6) is 11.5 Å². The molecule has 1 aliphatic heterocycles. The Morgan fingerprint density at radius 2 is 1.75 bits per heavy atom. The zero-order valence-electron chi connectivity index (χ0n) is 15.4. The Morgan fingerprint density at radius 1 is 1.14 bits per heavy atom. The van der Waals surface area contributed by atoms with E-state index >= 15 is 0 Å². The summed E-state index contributed by atoms with van der Waals surface area (Å²) in [6, 6.07) is 14.3. The van der Waals surface area contributed by atoms with Gasteiger partial charge in [-0.15, -0.1) is 0 Å². The normalized spacial score (nSPS) is 24.5.